The van der Waals surface area contributed by atoms with Crippen LogP contribution in [0.2, 0.25) is 0 Å². The van der Waals surface area contributed by atoms with E-state index in [0.29, 0.717) is 5.82 Å². The summed E-state index contributed by atoms with van der Waals surface area (Å²) in [6, 6.07) is 3.24. The first-order valence-electron chi connectivity index (χ1n) is 7.70. The molecule has 2 heterocycles. The minimum Gasteiger partial charge on any atom is -0.472 e. The maximum absolute atomic E-state index is 13.7. The number of carbonyl (C=O) groups is 1. The van der Waals surface area contributed by atoms with Crippen molar-refractivity contribution < 1.29 is 18.3 Å². The Hall–Kier alpha value is -2.74. The summed E-state index contributed by atoms with van der Waals surface area (Å²) in [7, 11) is 0. The van der Waals surface area contributed by atoms with E-state index in [4.69, 9.17) is 16.3 Å². The Bertz CT molecular complexity index is 910. The molecule has 1 aliphatic heterocycles. The van der Waals surface area contributed by atoms with Crippen LogP contribution in [0.3, 0.4) is 0 Å². The van der Waals surface area contributed by atoms with Crippen molar-refractivity contribution in [3.8, 4) is 0 Å². The van der Waals surface area contributed by atoms with Gasteiger partial charge in [0.05, 0.1) is 6.20 Å². The predicted molar refractivity (Wildman–Crippen MR) is 93.0 cm³/mol. The van der Waals surface area contributed by atoms with Gasteiger partial charge in [0.25, 0.3) is 0 Å². The second kappa shape index (κ2) is 7.25. The molecule has 1 aliphatic rings. The number of anilines is 1. The first-order valence-corrected chi connectivity index (χ1v) is 8.08. The summed E-state index contributed by atoms with van der Waals surface area (Å²) in [5, 5.41) is 0.197. The fourth-order valence-electron chi connectivity index (χ4n) is 2.35. The van der Waals surface area contributed by atoms with Gasteiger partial charge in [0.15, 0.2) is 5.82 Å². The van der Waals surface area contributed by atoms with Gasteiger partial charge in [-0.3, -0.25) is 9.36 Å². The fraction of sp³-hybridized carbons (Fsp3) is 0.235. The van der Waals surface area contributed by atoms with E-state index in [9.17, 15) is 13.6 Å². The average molecular weight is 381 g/mol. The second-order valence-corrected chi connectivity index (χ2v) is 6.04. The zero-order valence-corrected chi connectivity index (χ0v) is 14.7. The van der Waals surface area contributed by atoms with Crippen LogP contribution in [-0.4, -0.2) is 27.5 Å². The highest BCUT2D eigenvalue weighted by Gasteiger charge is 2.24. The van der Waals surface area contributed by atoms with Gasteiger partial charge in [-0.25, -0.2) is 18.8 Å². The van der Waals surface area contributed by atoms with Gasteiger partial charge in [0, 0.05) is 24.8 Å². The van der Waals surface area contributed by atoms with E-state index in [1.54, 1.807) is 24.2 Å². The number of aromatic nitrogens is 2. The molecule has 0 spiro atoms. The van der Waals surface area contributed by atoms with Crippen molar-refractivity contribution in [1.82, 2.24) is 9.55 Å². The fourth-order valence-corrected chi connectivity index (χ4v) is 2.55. The number of halogens is 3. The lowest BCUT2D eigenvalue weighted by atomic mass is 10.2. The summed E-state index contributed by atoms with van der Waals surface area (Å²) in [5.41, 5.74) is 0.189. The van der Waals surface area contributed by atoms with Gasteiger partial charge in [-0.05, 0) is 19.1 Å². The van der Waals surface area contributed by atoms with Crippen LogP contribution in [0.15, 0.2) is 46.9 Å². The van der Waals surface area contributed by atoms with Crippen molar-refractivity contribution in [3.63, 3.8) is 0 Å². The Morgan fingerprint density at radius 3 is 2.81 bits per heavy atom. The second-order valence-electron chi connectivity index (χ2n) is 5.63. The highest BCUT2D eigenvalue weighted by molar-refractivity contribution is 6.42. The molecule has 1 aromatic carbocycles. The molecular weight excluding hydrogens is 366 g/mol. The third-order valence-corrected chi connectivity index (χ3v) is 4.00. The van der Waals surface area contributed by atoms with Crippen LogP contribution in [0.5, 0.6) is 0 Å². The van der Waals surface area contributed by atoms with Gasteiger partial charge >= 0.3 is 0 Å². The normalized spacial score (nSPS) is 17.0. The molecule has 9 heteroatoms. The van der Waals surface area contributed by atoms with Gasteiger partial charge in [-0.1, -0.05) is 11.6 Å². The zero-order valence-electron chi connectivity index (χ0n) is 14.0. The molecular formula is C17H15ClF2N4O2. The number of ether oxygens (including phenoxy) is 1. The molecule has 0 saturated heterocycles. The standard InChI is InChI=1S/C17H15ClF2N4O2/c1-10-22-17(26-8-12-3-4-13(19)5-15(12)20)14(18)6-24(10)16-7-23(9-21-16)11(2)25/h3-7,9-10H,8H2,1-2H3. The van der Waals surface area contributed by atoms with E-state index in [1.807, 2.05) is 0 Å². The number of aliphatic imine (C=N–C) groups is 1. The quantitative estimate of drug-likeness (QED) is 0.815. The number of nitrogens with zero attached hydrogens (tertiary/aromatic N) is 4. The number of rotatable bonds is 3. The van der Waals surface area contributed by atoms with Crippen molar-refractivity contribution in [2.75, 3.05) is 4.90 Å². The van der Waals surface area contributed by atoms with Crippen LogP contribution in [0, 0.1) is 11.6 Å². The number of carbonyl (C=O) groups excluding carboxylic acids is 1. The highest BCUT2D eigenvalue weighted by atomic mass is 35.5. The number of imidazole rings is 1. The molecule has 6 nitrogen and oxygen atoms in total. The van der Waals surface area contributed by atoms with Crippen molar-refractivity contribution in [2.45, 2.75) is 26.6 Å². The number of hydrogen-bond acceptors (Lipinski definition) is 5. The minimum atomic E-state index is -0.703. The minimum absolute atomic E-state index is 0.138. The molecule has 0 bridgehead atoms. The van der Waals surface area contributed by atoms with Crippen LogP contribution in [-0.2, 0) is 11.3 Å². The SMILES string of the molecule is CC(=O)n1cnc(N2C=C(Cl)C(OCc3ccc(F)cc3F)=NC2C)c1. The summed E-state index contributed by atoms with van der Waals surface area (Å²) in [6.45, 7) is 3.07. The van der Waals surface area contributed by atoms with E-state index >= 15 is 0 Å². The smallest absolute Gasteiger partial charge is 0.231 e. The summed E-state index contributed by atoms with van der Waals surface area (Å²) >= 11 is 6.20. The lowest BCUT2D eigenvalue weighted by Gasteiger charge is -2.27. The molecule has 0 radical (unpaired) electrons. The third-order valence-electron chi connectivity index (χ3n) is 3.74. The molecule has 26 heavy (non-hydrogen) atoms. The van der Waals surface area contributed by atoms with E-state index in [0.717, 1.165) is 12.1 Å². The zero-order chi connectivity index (χ0) is 18.8. The predicted octanol–water partition coefficient (Wildman–Crippen LogP) is 3.68. The Balaban J connectivity index is 1.73. The largest absolute Gasteiger partial charge is 0.472 e. The number of hydrogen-bond donors (Lipinski definition) is 0. The summed E-state index contributed by atoms with van der Waals surface area (Å²) in [6.07, 6.45) is 4.14. The monoisotopic (exact) mass is 380 g/mol. The van der Waals surface area contributed by atoms with E-state index in [-0.39, 0.29) is 29.0 Å². The average Bonchev–Trinajstić information content (AvgIpc) is 3.06. The lowest BCUT2D eigenvalue weighted by molar-refractivity contribution is 0.0936. The molecule has 0 fully saturated rings. The topological polar surface area (TPSA) is 59.7 Å². The summed E-state index contributed by atoms with van der Waals surface area (Å²) < 4.78 is 33.4. The Morgan fingerprint density at radius 2 is 2.15 bits per heavy atom. The molecule has 1 aromatic heterocycles. The Kier molecular flexibility index (Phi) is 5.03. The summed E-state index contributed by atoms with van der Waals surface area (Å²) in [5.74, 6) is -0.889. The van der Waals surface area contributed by atoms with Gasteiger partial charge in [0.2, 0.25) is 11.8 Å². The van der Waals surface area contributed by atoms with E-state index < -0.39 is 17.8 Å². The van der Waals surface area contributed by atoms with E-state index in [2.05, 4.69) is 9.98 Å². The van der Waals surface area contributed by atoms with Crippen molar-refractivity contribution >= 4 is 29.2 Å². The molecule has 0 N–H and O–H groups in total. The molecule has 3 rings (SSSR count). The van der Waals surface area contributed by atoms with Crippen molar-refractivity contribution in [1.29, 1.82) is 0 Å². The maximum atomic E-state index is 13.7. The van der Waals surface area contributed by atoms with Gasteiger partial charge in [-0.2, -0.15) is 0 Å². The van der Waals surface area contributed by atoms with Crippen LogP contribution in [0.1, 0.15) is 24.2 Å². The molecule has 2 aromatic rings. The maximum Gasteiger partial charge on any atom is 0.231 e. The van der Waals surface area contributed by atoms with Crippen molar-refractivity contribution in [3.05, 3.63) is 59.2 Å². The van der Waals surface area contributed by atoms with Gasteiger partial charge in [-0.15, -0.1) is 0 Å². The van der Waals surface area contributed by atoms with Crippen LogP contribution >= 0.6 is 11.6 Å². The number of benzene rings is 1. The van der Waals surface area contributed by atoms with Crippen LogP contribution in [0.4, 0.5) is 14.6 Å². The molecule has 0 amide bonds. The Labute approximate surface area is 153 Å². The Morgan fingerprint density at radius 1 is 1.38 bits per heavy atom. The molecule has 0 saturated carbocycles. The van der Waals surface area contributed by atoms with Crippen LogP contribution in [0.25, 0.3) is 0 Å². The first-order chi connectivity index (χ1) is 12.3. The van der Waals surface area contributed by atoms with Crippen LogP contribution < -0.4 is 4.90 Å². The first kappa shape index (κ1) is 18.1. The molecule has 0 aliphatic carbocycles. The van der Waals surface area contributed by atoms with Crippen molar-refractivity contribution in [2.24, 2.45) is 4.99 Å². The van der Waals surface area contributed by atoms with E-state index in [1.165, 1.54) is 23.9 Å². The molecule has 136 valence electrons. The molecule has 1 unspecified atom stereocenters. The highest BCUT2D eigenvalue weighted by Crippen LogP contribution is 2.24. The lowest BCUT2D eigenvalue weighted by Crippen LogP contribution is -2.32. The molecule has 1 atom stereocenters. The van der Waals surface area contributed by atoms with Gasteiger partial charge in [0.1, 0.15) is 35.8 Å². The summed E-state index contributed by atoms with van der Waals surface area (Å²) in [4.78, 5) is 21.5. The third kappa shape index (κ3) is 3.75. The van der Waals surface area contributed by atoms with Gasteiger partial charge < -0.3 is 9.64 Å².